The van der Waals surface area contributed by atoms with Crippen LogP contribution in [0.3, 0.4) is 0 Å². The molecule has 0 aromatic rings. The van der Waals surface area contributed by atoms with Crippen LogP contribution in [-0.4, -0.2) is 69.1 Å². The third kappa shape index (κ3) is 3.89. The fourth-order valence-electron chi connectivity index (χ4n) is 1.85. The van der Waals surface area contributed by atoms with Crippen LogP contribution in [0, 0.1) is 5.92 Å². The van der Waals surface area contributed by atoms with Gasteiger partial charge in [0.15, 0.2) is 0 Å². The number of piperidine rings is 1. The molecule has 0 aliphatic carbocycles. The average molecular weight is 266 g/mol. The molecule has 0 amide bonds. The zero-order valence-electron chi connectivity index (χ0n) is 10.5. The highest BCUT2D eigenvalue weighted by Crippen LogP contribution is 2.20. The number of methoxy groups -OCH3 is 1. The minimum absolute atomic E-state index is 0.146. The van der Waals surface area contributed by atoms with E-state index in [0.29, 0.717) is 26.2 Å². The van der Waals surface area contributed by atoms with Gasteiger partial charge in [-0.3, -0.25) is 0 Å². The van der Waals surface area contributed by atoms with Gasteiger partial charge in [-0.1, -0.05) is 0 Å². The Morgan fingerprint density at radius 3 is 2.47 bits per heavy atom. The molecule has 1 fully saturated rings. The Hall–Kier alpha value is -0.210. The van der Waals surface area contributed by atoms with Gasteiger partial charge in [-0.15, -0.1) is 0 Å². The molecule has 1 aliphatic heterocycles. The Bertz CT molecular complexity index is 312. The predicted molar refractivity (Wildman–Crippen MR) is 64.8 cm³/mol. The molecule has 6 nitrogen and oxygen atoms in total. The first kappa shape index (κ1) is 14.8. The van der Waals surface area contributed by atoms with Gasteiger partial charge in [-0.2, -0.15) is 17.0 Å². The highest BCUT2D eigenvalue weighted by Gasteiger charge is 2.30. The van der Waals surface area contributed by atoms with Gasteiger partial charge in [-0.05, 0) is 18.8 Å². The molecular formula is C10H22N2O4S. The molecule has 0 bridgehead atoms. The number of hydrogen-bond acceptors (Lipinski definition) is 4. The van der Waals surface area contributed by atoms with Crippen molar-refractivity contribution in [2.24, 2.45) is 5.92 Å². The molecule has 102 valence electrons. The van der Waals surface area contributed by atoms with Crippen LogP contribution in [0.5, 0.6) is 0 Å². The van der Waals surface area contributed by atoms with Crippen LogP contribution in [0.25, 0.3) is 0 Å². The molecule has 0 aromatic carbocycles. The van der Waals surface area contributed by atoms with Gasteiger partial charge in [0.05, 0.1) is 6.61 Å². The van der Waals surface area contributed by atoms with E-state index in [4.69, 9.17) is 9.84 Å². The van der Waals surface area contributed by atoms with Crippen LogP contribution in [-0.2, 0) is 14.9 Å². The zero-order valence-corrected chi connectivity index (χ0v) is 11.3. The van der Waals surface area contributed by atoms with Gasteiger partial charge in [0.25, 0.3) is 10.2 Å². The van der Waals surface area contributed by atoms with Crippen molar-refractivity contribution in [1.82, 2.24) is 8.61 Å². The summed E-state index contributed by atoms with van der Waals surface area (Å²) in [5.74, 6) is 0.241. The van der Waals surface area contributed by atoms with Crippen molar-refractivity contribution in [2.45, 2.75) is 12.8 Å². The summed E-state index contributed by atoms with van der Waals surface area (Å²) in [6.07, 6.45) is 1.46. The van der Waals surface area contributed by atoms with Gasteiger partial charge >= 0.3 is 0 Å². The van der Waals surface area contributed by atoms with E-state index >= 15 is 0 Å². The minimum atomic E-state index is -3.36. The molecule has 0 radical (unpaired) electrons. The molecule has 1 N–H and O–H groups in total. The van der Waals surface area contributed by atoms with E-state index in [1.807, 2.05) is 0 Å². The van der Waals surface area contributed by atoms with Crippen LogP contribution < -0.4 is 0 Å². The lowest BCUT2D eigenvalue weighted by Gasteiger charge is -2.33. The van der Waals surface area contributed by atoms with Crippen molar-refractivity contribution in [3.8, 4) is 0 Å². The molecule has 1 heterocycles. The van der Waals surface area contributed by atoms with Crippen molar-refractivity contribution in [1.29, 1.82) is 0 Å². The molecule has 1 rings (SSSR count). The maximum absolute atomic E-state index is 12.1. The number of nitrogens with zero attached hydrogens (tertiary/aromatic N) is 2. The lowest BCUT2D eigenvalue weighted by atomic mass is 10.00. The first-order valence-corrected chi connectivity index (χ1v) is 7.23. The van der Waals surface area contributed by atoms with E-state index in [0.717, 1.165) is 12.8 Å². The molecule has 0 saturated carbocycles. The summed E-state index contributed by atoms with van der Waals surface area (Å²) in [5, 5.41) is 9.01. The standard InChI is InChI=1S/C10H22N2O4S/c1-11(7-8-16-2)17(14,15)12-5-3-10(9-13)4-6-12/h10,13H,3-9H2,1-2H3. The second-order valence-electron chi connectivity index (χ2n) is 4.35. The zero-order chi connectivity index (χ0) is 12.9. The van der Waals surface area contributed by atoms with Crippen molar-refractivity contribution < 1.29 is 18.3 Å². The maximum Gasteiger partial charge on any atom is 0.281 e. The molecule has 1 aliphatic rings. The van der Waals surface area contributed by atoms with Gasteiger partial charge in [0.2, 0.25) is 0 Å². The highest BCUT2D eigenvalue weighted by molar-refractivity contribution is 7.86. The van der Waals surface area contributed by atoms with E-state index in [2.05, 4.69) is 0 Å². The molecule has 0 atom stereocenters. The normalized spacial score (nSPS) is 20.0. The molecule has 0 spiro atoms. The summed E-state index contributed by atoms with van der Waals surface area (Å²) in [6.45, 7) is 1.88. The van der Waals surface area contributed by atoms with Crippen LogP contribution >= 0.6 is 0 Å². The van der Waals surface area contributed by atoms with Crippen LogP contribution in [0.15, 0.2) is 0 Å². The van der Waals surface area contributed by atoms with Crippen LogP contribution in [0.2, 0.25) is 0 Å². The number of hydrogen-bond donors (Lipinski definition) is 1. The van der Waals surface area contributed by atoms with E-state index in [1.165, 1.54) is 8.61 Å². The topological polar surface area (TPSA) is 70.1 Å². The number of rotatable bonds is 6. The third-order valence-electron chi connectivity index (χ3n) is 3.16. The smallest absolute Gasteiger partial charge is 0.281 e. The summed E-state index contributed by atoms with van der Waals surface area (Å²) < 4.78 is 31.9. The molecule has 7 heteroatoms. The first-order chi connectivity index (χ1) is 8.02. The Kier molecular flexibility index (Phi) is 5.81. The number of ether oxygens (including phenoxy) is 1. The molecule has 0 aromatic heterocycles. The minimum Gasteiger partial charge on any atom is -0.396 e. The third-order valence-corrected chi connectivity index (χ3v) is 5.15. The quantitative estimate of drug-likeness (QED) is 0.704. The first-order valence-electron chi connectivity index (χ1n) is 5.83. The summed E-state index contributed by atoms with van der Waals surface area (Å²) in [7, 11) is -0.250. The number of aliphatic hydroxyl groups excluding tert-OH is 1. The summed E-state index contributed by atoms with van der Waals surface area (Å²) in [6, 6.07) is 0. The fraction of sp³-hybridized carbons (Fsp3) is 1.00. The predicted octanol–water partition coefficient (Wildman–Crippen LogP) is -0.486. The maximum atomic E-state index is 12.1. The molecule has 0 unspecified atom stereocenters. The van der Waals surface area contributed by atoms with Crippen molar-refractivity contribution >= 4 is 10.2 Å². The fourth-order valence-corrected chi connectivity index (χ4v) is 3.23. The second kappa shape index (κ2) is 6.65. The number of likely N-dealkylation sites (N-methyl/N-ethyl adjacent to an activating group) is 1. The summed E-state index contributed by atoms with van der Waals surface area (Å²) >= 11 is 0. The van der Waals surface area contributed by atoms with E-state index < -0.39 is 10.2 Å². The lowest BCUT2D eigenvalue weighted by Crippen LogP contribution is -2.46. The van der Waals surface area contributed by atoms with Crippen molar-refractivity contribution in [3.05, 3.63) is 0 Å². The Morgan fingerprint density at radius 1 is 1.41 bits per heavy atom. The van der Waals surface area contributed by atoms with Crippen LogP contribution in [0.4, 0.5) is 0 Å². The van der Waals surface area contributed by atoms with Crippen molar-refractivity contribution in [3.63, 3.8) is 0 Å². The summed E-state index contributed by atoms with van der Waals surface area (Å²) in [5.41, 5.74) is 0. The van der Waals surface area contributed by atoms with Gasteiger partial charge in [0, 0.05) is 40.4 Å². The van der Waals surface area contributed by atoms with Gasteiger partial charge in [-0.25, -0.2) is 0 Å². The van der Waals surface area contributed by atoms with Gasteiger partial charge < -0.3 is 9.84 Å². The largest absolute Gasteiger partial charge is 0.396 e. The monoisotopic (exact) mass is 266 g/mol. The van der Waals surface area contributed by atoms with Crippen LogP contribution in [0.1, 0.15) is 12.8 Å². The molecule has 17 heavy (non-hydrogen) atoms. The second-order valence-corrected chi connectivity index (χ2v) is 6.38. The average Bonchev–Trinajstić information content (AvgIpc) is 2.35. The van der Waals surface area contributed by atoms with Gasteiger partial charge in [0.1, 0.15) is 0 Å². The van der Waals surface area contributed by atoms with E-state index in [1.54, 1.807) is 14.2 Å². The highest BCUT2D eigenvalue weighted by atomic mass is 32.2. The Labute approximate surface area is 103 Å². The van der Waals surface area contributed by atoms with E-state index in [9.17, 15) is 8.42 Å². The lowest BCUT2D eigenvalue weighted by molar-refractivity contribution is 0.161. The Balaban J connectivity index is 2.53. The van der Waals surface area contributed by atoms with Crippen molar-refractivity contribution in [2.75, 3.05) is 47.0 Å². The Morgan fingerprint density at radius 2 is 2.00 bits per heavy atom. The SMILES string of the molecule is COCCN(C)S(=O)(=O)N1CCC(CO)CC1. The molecular weight excluding hydrogens is 244 g/mol. The summed E-state index contributed by atoms with van der Waals surface area (Å²) in [4.78, 5) is 0. The molecule has 1 saturated heterocycles. The number of aliphatic hydroxyl groups is 1. The van der Waals surface area contributed by atoms with E-state index in [-0.39, 0.29) is 12.5 Å².